The van der Waals surface area contributed by atoms with Crippen molar-refractivity contribution in [2.45, 2.75) is 46.6 Å². The van der Waals surface area contributed by atoms with Crippen LogP contribution >= 0.6 is 0 Å². The molecule has 0 spiro atoms. The van der Waals surface area contributed by atoms with Crippen molar-refractivity contribution >= 4 is 17.9 Å². The second-order valence-corrected chi connectivity index (χ2v) is 5.01. The summed E-state index contributed by atoms with van der Waals surface area (Å²) in [5.74, 6) is -1.37. The lowest BCUT2D eigenvalue weighted by Crippen LogP contribution is -2.49. The Morgan fingerprint density at radius 2 is 1.71 bits per heavy atom. The van der Waals surface area contributed by atoms with Crippen LogP contribution in [0.4, 0.5) is 4.79 Å². The summed E-state index contributed by atoms with van der Waals surface area (Å²) >= 11 is 0. The topological polar surface area (TPSA) is 98.7 Å². The molecule has 0 aromatic carbocycles. The number of nitrogens with zero attached hydrogens (tertiary/aromatic N) is 1. The van der Waals surface area contributed by atoms with Gasteiger partial charge in [0, 0.05) is 19.6 Å². The van der Waals surface area contributed by atoms with Crippen LogP contribution in [0.25, 0.3) is 0 Å². The molecule has 122 valence electrons. The summed E-state index contributed by atoms with van der Waals surface area (Å²) < 4.78 is 0. The minimum absolute atomic E-state index is 0.116. The summed E-state index contributed by atoms with van der Waals surface area (Å²) in [4.78, 5) is 35.9. The Morgan fingerprint density at radius 3 is 2.19 bits per heavy atom. The Labute approximate surface area is 126 Å². The van der Waals surface area contributed by atoms with Crippen LogP contribution in [0.3, 0.4) is 0 Å². The number of likely N-dealkylation sites (N-methyl/N-ethyl adjacent to an activating group) is 1. The predicted molar refractivity (Wildman–Crippen MR) is 80.0 cm³/mol. The smallest absolute Gasteiger partial charge is 0.315 e. The summed E-state index contributed by atoms with van der Waals surface area (Å²) in [6.45, 7) is 8.65. The van der Waals surface area contributed by atoms with Gasteiger partial charge in [-0.2, -0.15) is 0 Å². The molecule has 21 heavy (non-hydrogen) atoms. The maximum atomic E-state index is 12.0. The lowest BCUT2D eigenvalue weighted by molar-refractivity contribution is -0.141. The van der Waals surface area contributed by atoms with Crippen molar-refractivity contribution in [3.63, 3.8) is 0 Å². The van der Waals surface area contributed by atoms with E-state index in [1.807, 2.05) is 13.8 Å². The first kappa shape index (κ1) is 19.2. The van der Waals surface area contributed by atoms with E-state index in [1.165, 1.54) is 0 Å². The van der Waals surface area contributed by atoms with Crippen molar-refractivity contribution in [1.29, 1.82) is 0 Å². The number of aliphatic carboxylic acids is 1. The van der Waals surface area contributed by atoms with Crippen LogP contribution in [-0.4, -0.2) is 53.6 Å². The summed E-state index contributed by atoms with van der Waals surface area (Å²) in [6.07, 6.45) is 1.09. The van der Waals surface area contributed by atoms with Crippen molar-refractivity contribution in [2.75, 3.05) is 19.6 Å². The molecule has 0 radical (unpaired) electrons. The fraction of sp³-hybridized carbons (Fsp3) is 0.786. The number of amides is 3. The molecule has 0 bridgehead atoms. The Morgan fingerprint density at radius 1 is 1.14 bits per heavy atom. The van der Waals surface area contributed by atoms with E-state index >= 15 is 0 Å². The Bertz CT molecular complexity index is 356. The number of hydrogen-bond acceptors (Lipinski definition) is 3. The molecule has 7 nitrogen and oxygen atoms in total. The Kier molecular flexibility index (Phi) is 9.16. The quantitative estimate of drug-likeness (QED) is 0.554. The first-order valence-electron chi connectivity index (χ1n) is 7.39. The van der Waals surface area contributed by atoms with Gasteiger partial charge in [0.15, 0.2) is 0 Å². The van der Waals surface area contributed by atoms with Gasteiger partial charge in [0.1, 0.15) is 6.04 Å². The Hall–Kier alpha value is -1.79. The molecule has 3 N–H and O–H groups in total. The Balaban J connectivity index is 3.98. The van der Waals surface area contributed by atoms with Gasteiger partial charge < -0.3 is 20.6 Å². The van der Waals surface area contributed by atoms with E-state index in [2.05, 4.69) is 10.6 Å². The van der Waals surface area contributed by atoms with E-state index in [-0.39, 0.29) is 5.91 Å². The van der Waals surface area contributed by atoms with Crippen molar-refractivity contribution in [2.24, 2.45) is 5.92 Å². The zero-order valence-electron chi connectivity index (χ0n) is 13.3. The third kappa shape index (κ3) is 7.53. The molecule has 0 rings (SSSR count). The van der Waals surface area contributed by atoms with Crippen LogP contribution in [-0.2, 0) is 9.59 Å². The lowest BCUT2D eigenvalue weighted by Gasteiger charge is -2.23. The summed E-state index contributed by atoms with van der Waals surface area (Å²) in [5, 5.41) is 13.9. The highest BCUT2D eigenvalue weighted by molar-refractivity contribution is 5.86. The molecule has 2 unspecified atom stereocenters. The van der Waals surface area contributed by atoms with E-state index in [0.717, 1.165) is 0 Å². The van der Waals surface area contributed by atoms with Gasteiger partial charge in [-0.15, -0.1) is 0 Å². The monoisotopic (exact) mass is 301 g/mol. The molecule has 0 saturated heterocycles. The van der Waals surface area contributed by atoms with Gasteiger partial charge in [0.2, 0.25) is 5.91 Å². The summed E-state index contributed by atoms with van der Waals surface area (Å²) in [6, 6.07) is -0.992. The van der Waals surface area contributed by atoms with Crippen molar-refractivity contribution < 1.29 is 19.5 Å². The van der Waals surface area contributed by atoms with E-state index in [4.69, 9.17) is 5.11 Å². The molecule has 0 fully saturated rings. The molecule has 0 aromatic heterocycles. The van der Waals surface area contributed by atoms with Crippen molar-refractivity contribution in [3.05, 3.63) is 0 Å². The van der Waals surface area contributed by atoms with Crippen LogP contribution in [0.5, 0.6) is 0 Å². The largest absolute Gasteiger partial charge is 0.481 e. The van der Waals surface area contributed by atoms with Gasteiger partial charge in [-0.05, 0) is 33.6 Å². The van der Waals surface area contributed by atoms with Crippen LogP contribution < -0.4 is 10.6 Å². The number of nitrogens with one attached hydrogen (secondary N) is 2. The predicted octanol–water partition coefficient (Wildman–Crippen LogP) is 1.04. The van der Waals surface area contributed by atoms with Crippen molar-refractivity contribution in [3.8, 4) is 0 Å². The van der Waals surface area contributed by atoms with Crippen LogP contribution in [0.1, 0.15) is 40.5 Å². The highest BCUT2D eigenvalue weighted by Crippen LogP contribution is 2.04. The molecule has 0 aliphatic rings. The summed E-state index contributed by atoms with van der Waals surface area (Å²) in [5.41, 5.74) is 0. The van der Waals surface area contributed by atoms with E-state index < -0.39 is 24.0 Å². The highest BCUT2D eigenvalue weighted by atomic mass is 16.4. The average Bonchev–Trinajstić information content (AvgIpc) is 2.44. The SMILES string of the molecule is CCN(CC)C(=O)C(C)NC(=O)NCCCC(C)C(=O)O. The van der Waals surface area contributed by atoms with Gasteiger partial charge in [-0.3, -0.25) is 9.59 Å². The van der Waals surface area contributed by atoms with Gasteiger partial charge in [0.05, 0.1) is 5.92 Å². The number of carbonyl (C=O) groups excluding carboxylic acids is 2. The third-order valence-electron chi connectivity index (χ3n) is 3.31. The lowest BCUT2D eigenvalue weighted by atomic mass is 10.1. The fourth-order valence-corrected chi connectivity index (χ4v) is 1.85. The normalized spacial score (nSPS) is 13.1. The van der Waals surface area contributed by atoms with E-state index in [9.17, 15) is 14.4 Å². The maximum Gasteiger partial charge on any atom is 0.315 e. The zero-order valence-corrected chi connectivity index (χ0v) is 13.3. The number of carboxylic acids is 1. The van der Waals surface area contributed by atoms with Crippen LogP contribution in [0.2, 0.25) is 0 Å². The molecule has 0 heterocycles. The first-order valence-corrected chi connectivity index (χ1v) is 7.39. The van der Waals surface area contributed by atoms with E-state index in [0.29, 0.717) is 32.5 Å². The zero-order chi connectivity index (χ0) is 16.4. The molecule has 0 aromatic rings. The van der Waals surface area contributed by atoms with Gasteiger partial charge >= 0.3 is 12.0 Å². The van der Waals surface area contributed by atoms with E-state index in [1.54, 1.807) is 18.7 Å². The van der Waals surface area contributed by atoms with Gasteiger partial charge in [0.25, 0.3) is 0 Å². The third-order valence-corrected chi connectivity index (χ3v) is 3.31. The van der Waals surface area contributed by atoms with Crippen LogP contribution in [0.15, 0.2) is 0 Å². The second kappa shape index (κ2) is 10.0. The molecule has 0 aliphatic carbocycles. The minimum atomic E-state index is -0.835. The highest BCUT2D eigenvalue weighted by Gasteiger charge is 2.19. The van der Waals surface area contributed by atoms with Crippen LogP contribution in [0, 0.1) is 5.92 Å². The average molecular weight is 301 g/mol. The van der Waals surface area contributed by atoms with Crippen molar-refractivity contribution in [1.82, 2.24) is 15.5 Å². The fourth-order valence-electron chi connectivity index (χ4n) is 1.85. The molecule has 0 saturated carbocycles. The maximum absolute atomic E-state index is 12.0. The molecular weight excluding hydrogens is 274 g/mol. The number of carboxylic acid groups (broad SMARTS) is 1. The summed E-state index contributed by atoms with van der Waals surface area (Å²) in [7, 11) is 0. The number of urea groups is 1. The van der Waals surface area contributed by atoms with Gasteiger partial charge in [-0.1, -0.05) is 6.92 Å². The second-order valence-electron chi connectivity index (χ2n) is 5.01. The molecule has 2 atom stereocenters. The molecule has 7 heteroatoms. The number of carbonyl (C=O) groups is 3. The standard InChI is InChI=1S/C14H27N3O4/c1-5-17(6-2)12(18)11(4)16-14(21)15-9-7-8-10(3)13(19)20/h10-11H,5-9H2,1-4H3,(H,19,20)(H2,15,16,21). The minimum Gasteiger partial charge on any atom is -0.481 e. The van der Waals surface area contributed by atoms with Gasteiger partial charge in [-0.25, -0.2) is 4.79 Å². The molecule has 3 amide bonds. The molecule has 0 aliphatic heterocycles. The number of rotatable bonds is 9. The first-order chi connectivity index (χ1) is 9.83. The molecular formula is C14H27N3O4. The number of hydrogen-bond donors (Lipinski definition) is 3.